The highest BCUT2D eigenvalue weighted by Gasteiger charge is 2.14. The van der Waals surface area contributed by atoms with Crippen molar-refractivity contribution in [1.82, 2.24) is 0 Å². The van der Waals surface area contributed by atoms with Crippen LogP contribution in [0.4, 0.5) is 0 Å². The van der Waals surface area contributed by atoms with Crippen LogP contribution in [0.2, 0.25) is 0 Å². The van der Waals surface area contributed by atoms with Crippen molar-refractivity contribution < 1.29 is 4.79 Å². The topological polar surface area (TPSA) is 29.4 Å². The highest BCUT2D eigenvalue weighted by molar-refractivity contribution is 6.14. The van der Waals surface area contributed by atoms with Crippen molar-refractivity contribution in [3.05, 3.63) is 77.9 Å². The summed E-state index contributed by atoms with van der Waals surface area (Å²) in [5.74, 6) is 0.145. The summed E-state index contributed by atoms with van der Waals surface area (Å²) in [6, 6.07) is 20.2. The van der Waals surface area contributed by atoms with Crippen molar-refractivity contribution in [2.24, 2.45) is 4.99 Å². The van der Waals surface area contributed by atoms with Gasteiger partial charge in [-0.15, -0.1) is 0 Å². The van der Waals surface area contributed by atoms with Crippen molar-refractivity contribution in [3.63, 3.8) is 0 Å². The number of nitrogens with zero attached hydrogens (tertiary/aromatic N) is 1. The van der Waals surface area contributed by atoms with Crippen molar-refractivity contribution in [2.75, 3.05) is 0 Å². The van der Waals surface area contributed by atoms with E-state index in [0.29, 0.717) is 6.42 Å². The normalized spacial score (nSPS) is 14.6. The molecular weight excluding hydrogens is 258 g/mol. The second-order valence-electron chi connectivity index (χ2n) is 5.20. The molecule has 3 rings (SSSR count). The van der Waals surface area contributed by atoms with Gasteiger partial charge in [0.15, 0.2) is 5.78 Å². The van der Waals surface area contributed by atoms with E-state index in [1.807, 2.05) is 48.5 Å². The van der Waals surface area contributed by atoms with Crippen molar-refractivity contribution in [3.8, 4) is 0 Å². The minimum atomic E-state index is 0.145. The Morgan fingerprint density at radius 3 is 2.24 bits per heavy atom. The van der Waals surface area contributed by atoms with Crippen LogP contribution in [-0.2, 0) is 11.2 Å². The molecule has 0 saturated carbocycles. The summed E-state index contributed by atoms with van der Waals surface area (Å²) < 4.78 is 0. The van der Waals surface area contributed by atoms with Crippen LogP contribution in [0, 0.1) is 0 Å². The van der Waals surface area contributed by atoms with E-state index in [1.165, 1.54) is 5.56 Å². The predicted octanol–water partition coefficient (Wildman–Crippen LogP) is 4.07. The van der Waals surface area contributed by atoms with Gasteiger partial charge in [-0.3, -0.25) is 9.79 Å². The maximum Gasteiger partial charge on any atom is 0.163 e. The van der Waals surface area contributed by atoms with E-state index in [-0.39, 0.29) is 5.78 Å². The molecule has 0 saturated heterocycles. The van der Waals surface area contributed by atoms with Gasteiger partial charge in [0.25, 0.3) is 0 Å². The third-order valence-electron chi connectivity index (χ3n) is 3.57. The summed E-state index contributed by atoms with van der Waals surface area (Å²) in [5.41, 5.74) is 4.05. The van der Waals surface area contributed by atoms with Crippen LogP contribution in [0.5, 0.6) is 0 Å². The third-order valence-corrected chi connectivity index (χ3v) is 3.57. The molecule has 0 radical (unpaired) electrons. The number of benzene rings is 2. The number of ketones is 1. The molecule has 0 aliphatic carbocycles. The molecule has 1 heterocycles. The van der Waals surface area contributed by atoms with Crippen LogP contribution in [0.3, 0.4) is 0 Å². The second kappa shape index (κ2) is 6.31. The van der Waals surface area contributed by atoms with E-state index < -0.39 is 0 Å². The molecule has 0 aromatic heterocycles. The molecule has 1 aliphatic rings. The molecule has 104 valence electrons. The van der Waals surface area contributed by atoms with E-state index in [2.05, 4.69) is 17.1 Å². The van der Waals surface area contributed by atoms with Gasteiger partial charge in [0.2, 0.25) is 0 Å². The Hall–Kier alpha value is -2.48. The number of hydrogen-bond donors (Lipinski definition) is 0. The van der Waals surface area contributed by atoms with E-state index in [0.717, 1.165) is 29.8 Å². The standard InChI is InChI=1S/C19H17NO/c21-18-13-17(12-11-15-7-3-1-4-8-15)20-19(14-18)16-9-5-2-6-10-16/h1-10,14H,11-13H2. The molecule has 0 amide bonds. The van der Waals surface area contributed by atoms with Gasteiger partial charge in [-0.2, -0.15) is 0 Å². The largest absolute Gasteiger partial charge is 0.294 e. The minimum Gasteiger partial charge on any atom is -0.294 e. The average Bonchev–Trinajstić information content (AvgIpc) is 2.54. The molecule has 0 N–H and O–H groups in total. The summed E-state index contributed by atoms with van der Waals surface area (Å²) in [6.45, 7) is 0. The lowest BCUT2D eigenvalue weighted by atomic mass is 10.00. The zero-order valence-electron chi connectivity index (χ0n) is 11.8. The lowest BCUT2D eigenvalue weighted by molar-refractivity contribution is -0.113. The van der Waals surface area contributed by atoms with Gasteiger partial charge in [0, 0.05) is 23.8 Å². The predicted molar refractivity (Wildman–Crippen MR) is 86.2 cm³/mol. The first-order valence-corrected chi connectivity index (χ1v) is 7.21. The van der Waals surface area contributed by atoms with E-state index >= 15 is 0 Å². The molecule has 0 spiro atoms. The first-order chi connectivity index (χ1) is 10.3. The zero-order chi connectivity index (χ0) is 14.5. The lowest BCUT2D eigenvalue weighted by Crippen LogP contribution is -2.12. The molecule has 0 atom stereocenters. The fourth-order valence-electron chi connectivity index (χ4n) is 2.48. The number of aliphatic imine (C=N–C) groups is 1. The molecule has 2 heteroatoms. The van der Waals surface area contributed by atoms with Gasteiger partial charge < -0.3 is 0 Å². The molecule has 0 bridgehead atoms. The monoisotopic (exact) mass is 275 g/mol. The lowest BCUT2D eigenvalue weighted by Gasteiger charge is -2.12. The number of carbonyl (C=O) groups excluding carboxylic acids is 1. The van der Waals surface area contributed by atoms with Crippen LogP contribution < -0.4 is 0 Å². The molecule has 21 heavy (non-hydrogen) atoms. The third kappa shape index (κ3) is 3.54. The maximum atomic E-state index is 11.9. The molecule has 2 aromatic rings. The summed E-state index contributed by atoms with van der Waals surface area (Å²) in [4.78, 5) is 16.6. The summed E-state index contributed by atoms with van der Waals surface area (Å²) in [7, 11) is 0. The second-order valence-corrected chi connectivity index (χ2v) is 5.20. The van der Waals surface area contributed by atoms with E-state index in [1.54, 1.807) is 6.08 Å². The Kier molecular flexibility index (Phi) is 4.06. The van der Waals surface area contributed by atoms with Crippen LogP contribution in [-0.4, -0.2) is 11.5 Å². The highest BCUT2D eigenvalue weighted by Crippen LogP contribution is 2.21. The quantitative estimate of drug-likeness (QED) is 0.827. The van der Waals surface area contributed by atoms with Crippen LogP contribution in [0.25, 0.3) is 5.70 Å². The number of carbonyl (C=O) groups is 1. The SMILES string of the molecule is O=C1C=C(c2ccccc2)N=C(CCc2ccccc2)C1. The van der Waals surface area contributed by atoms with Gasteiger partial charge in [-0.05, 0) is 18.4 Å². The summed E-state index contributed by atoms with van der Waals surface area (Å²) in [5, 5.41) is 0. The van der Waals surface area contributed by atoms with E-state index in [4.69, 9.17) is 0 Å². The number of rotatable bonds is 4. The van der Waals surface area contributed by atoms with Crippen molar-refractivity contribution >= 4 is 17.2 Å². The molecule has 1 aliphatic heterocycles. The molecule has 2 nitrogen and oxygen atoms in total. The fourth-order valence-corrected chi connectivity index (χ4v) is 2.48. The first kappa shape index (κ1) is 13.5. The number of hydrogen-bond acceptors (Lipinski definition) is 2. The van der Waals surface area contributed by atoms with Crippen LogP contribution >= 0.6 is 0 Å². The van der Waals surface area contributed by atoms with Crippen LogP contribution in [0.15, 0.2) is 71.7 Å². The highest BCUT2D eigenvalue weighted by atomic mass is 16.1. The summed E-state index contributed by atoms with van der Waals surface area (Å²) >= 11 is 0. The van der Waals surface area contributed by atoms with Crippen molar-refractivity contribution in [1.29, 1.82) is 0 Å². The van der Waals surface area contributed by atoms with Gasteiger partial charge in [0.1, 0.15) is 0 Å². The Labute approximate surface area is 124 Å². The van der Waals surface area contributed by atoms with Gasteiger partial charge in [0.05, 0.1) is 5.70 Å². The maximum absolute atomic E-state index is 11.9. The smallest absolute Gasteiger partial charge is 0.163 e. The molecular formula is C19H17NO. The molecule has 2 aromatic carbocycles. The molecule has 0 fully saturated rings. The summed E-state index contributed by atoms with van der Waals surface area (Å²) in [6.07, 6.45) is 3.86. The van der Waals surface area contributed by atoms with E-state index in [9.17, 15) is 4.79 Å². The van der Waals surface area contributed by atoms with Gasteiger partial charge >= 0.3 is 0 Å². The molecule has 0 unspecified atom stereocenters. The first-order valence-electron chi connectivity index (χ1n) is 7.21. The zero-order valence-corrected chi connectivity index (χ0v) is 11.8. The number of aryl methyl sites for hydroxylation is 1. The Morgan fingerprint density at radius 1 is 0.857 bits per heavy atom. The average molecular weight is 275 g/mol. The van der Waals surface area contributed by atoms with Gasteiger partial charge in [-0.25, -0.2) is 0 Å². The Balaban J connectivity index is 1.75. The van der Waals surface area contributed by atoms with Crippen molar-refractivity contribution in [2.45, 2.75) is 19.3 Å². The van der Waals surface area contributed by atoms with Gasteiger partial charge in [-0.1, -0.05) is 60.7 Å². The van der Waals surface area contributed by atoms with Crippen LogP contribution in [0.1, 0.15) is 24.0 Å². The fraction of sp³-hybridized carbons (Fsp3) is 0.158. The Bertz CT molecular complexity index is 684. The Morgan fingerprint density at radius 2 is 1.52 bits per heavy atom. The minimum absolute atomic E-state index is 0.145. The number of allylic oxidation sites excluding steroid dienone is 1.